The number of nitrogens with one attached hydrogen (secondary N) is 2. The van der Waals surface area contributed by atoms with Gasteiger partial charge < -0.3 is 15.4 Å². The summed E-state index contributed by atoms with van der Waals surface area (Å²) in [6.45, 7) is 12.1. The van der Waals surface area contributed by atoms with Crippen LogP contribution in [0, 0.1) is 19.8 Å². The molecule has 0 saturated heterocycles. The van der Waals surface area contributed by atoms with Gasteiger partial charge in [0.05, 0.1) is 18.7 Å². The Morgan fingerprint density at radius 2 is 2.00 bits per heavy atom. The fourth-order valence-electron chi connectivity index (χ4n) is 2.33. The number of carbonyl (C=O) groups excluding carboxylic acids is 1. The standard InChI is InChI=1S/C16H30N4O2/c1-12(2)11-20-14(4)15(13(3)19-20)10-16(21)18-7-6-17-8-9-22-5/h12,17H,6-11H2,1-5H3,(H,18,21). The van der Waals surface area contributed by atoms with Crippen molar-refractivity contribution in [1.29, 1.82) is 0 Å². The molecule has 0 aromatic carbocycles. The number of ether oxygens (including phenoxy) is 1. The second kappa shape index (κ2) is 9.58. The van der Waals surface area contributed by atoms with Crippen molar-refractivity contribution in [2.75, 3.05) is 33.4 Å². The number of carbonyl (C=O) groups is 1. The topological polar surface area (TPSA) is 68.2 Å². The number of nitrogens with zero attached hydrogens (tertiary/aromatic N) is 2. The van der Waals surface area contributed by atoms with Crippen LogP contribution in [0.1, 0.15) is 30.8 Å². The summed E-state index contributed by atoms with van der Waals surface area (Å²) in [4.78, 5) is 12.0. The van der Waals surface area contributed by atoms with Crippen LogP contribution in [0.3, 0.4) is 0 Å². The van der Waals surface area contributed by atoms with Gasteiger partial charge in [-0.2, -0.15) is 5.10 Å². The molecule has 0 aliphatic rings. The molecule has 0 unspecified atom stereocenters. The highest BCUT2D eigenvalue weighted by atomic mass is 16.5. The molecule has 0 aliphatic heterocycles. The maximum Gasteiger partial charge on any atom is 0.224 e. The third kappa shape index (κ3) is 6.15. The summed E-state index contributed by atoms with van der Waals surface area (Å²) in [5.41, 5.74) is 3.09. The number of hydrogen-bond donors (Lipinski definition) is 2. The van der Waals surface area contributed by atoms with Gasteiger partial charge >= 0.3 is 0 Å². The zero-order valence-electron chi connectivity index (χ0n) is 14.5. The molecule has 2 N–H and O–H groups in total. The highest BCUT2D eigenvalue weighted by molar-refractivity contribution is 5.79. The molecule has 1 aromatic rings. The third-order valence-electron chi connectivity index (χ3n) is 3.51. The Balaban J connectivity index is 2.42. The maximum absolute atomic E-state index is 12.0. The van der Waals surface area contributed by atoms with E-state index in [-0.39, 0.29) is 5.91 Å². The monoisotopic (exact) mass is 310 g/mol. The number of rotatable bonds is 10. The molecule has 0 aliphatic carbocycles. The van der Waals surface area contributed by atoms with E-state index in [4.69, 9.17) is 4.74 Å². The zero-order chi connectivity index (χ0) is 16.5. The molecule has 1 heterocycles. The normalized spacial score (nSPS) is 11.2. The van der Waals surface area contributed by atoms with E-state index in [0.29, 0.717) is 25.5 Å². The van der Waals surface area contributed by atoms with Crippen molar-refractivity contribution < 1.29 is 9.53 Å². The maximum atomic E-state index is 12.0. The van der Waals surface area contributed by atoms with Crippen LogP contribution < -0.4 is 10.6 Å². The Morgan fingerprint density at radius 3 is 2.64 bits per heavy atom. The fraction of sp³-hybridized carbons (Fsp3) is 0.750. The van der Waals surface area contributed by atoms with Gasteiger partial charge in [0, 0.05) is 44.5 Å². The summed E-state index contributed by atoms with van der Waals surface area (Å²) in [6, 6.07) is 0. The molecule has 0 saturated carbocycles. The number of amides is 1. The van der Waals surface area contributed by atoms with Gasteiger partial charge in [-0.1, -0.05) is 13.8 Å². The molecular weight excluding hydrogens is 280 g/mol. The van der Waals surface area contributed by atoms with E-state index in [2.05, 4.69) is 29.6 Å². The molecule has 0 bridgehead atoms. The quantitative estimate of drug-likeness (QED) is 0.634. The Kier molecular flexibility index (Phi) is 8.12. The van der Waals surface area contributed by atoms with E-state index in [9.17, 15) is 4.79 Å². The molecule has 0 spiro atoms. The second-order valence-corrected chi connectivity index (χ2v) is 5.99. The van der Waals surface area contributed by atoms with E-state index in [1.165, 1.54) is 0 Å². The Bertz CT molecular complexity index is 469. The van der Waals surface area contributed by atoms with Gasteiger partial charge in [-0.3, -0.25) is 9.48 Å². The first-order valence-corrected chi connectivity index (χ1v) is 7.95. The predicted octanol–water partition coefficient (Wildman–Crippen LogP) is 1.05. The molecule has 22 heavy (non-hydrogen) atoms. The van der Waals surface area contributed by atoms with E-state index in [0.717, 1.165) is 36.6 Å². The number of aromatic nitrogens is 2. The predicted molar refractivity (Wildman–Crippen MR) is 88.0 cm³/mol. The van der Waals surface area contributed by atoms with Gasteiger partial charge in [-0.25, -0.2) is 0 Å². The van der Waals surface area contributed by atoms with E-state index < -0.39 is 0 Å². The van der Waals surface area contributed by atoms with Crippen LogP contribution in [0.5, 0.6) is 0 Å². The Hall–Kier alpha value is -1.40. The molecule has 0 fully saturated rings. The molecule has 6 nitrogen and oxygen atoms in total. The Morgan fingerprint density at radius 1 is 1.27 bits per heavy atom. The lowest BCUT2D eigenvalue weighted by Crippen LogP contribution is -2.34. The van der Waals surface area contributed by atoms with Gasteiger partial charge in [0.2, 0.25) is 5.91 Å². The Labute approximate surface area is 133 Å². The minimum atomic E-state index is 0.0452. The summed E-state index contributed by atoms with van der Waals surface area (Å²) < 4.78 is 6.95. The molecule has 6 heteroatoms. The van der Waals surface area contributed by atoms with Gasteiger partial charge in [-0.15, -0.1) is 0 Å². The summed E-state index contributed by atoms with van der Waals surface area (Å²) >= 11 is 0. The second-order valence-electron chi connectivity index (χ2n) is 5.99. The number of hydrogen-bond acceptors (Lipinski definition) is 4. The first kappa shape index (κ1) is 18.6. The van der Waals surface area contributed by atoms with E-state index in [1.807, 2.05) is 18.5 Å². The number of methoxy groups -OCH3 is 1. The highest BCUT2D eigenvalue weighted by Crippen LogP contribution is 2.15. The van der Waals surface area contributed by atoms with Crippen molar-refractivity contribution in [2.45, 2.75) is 40.7 Å². The van der Waals surface area contributed by atoms with Crippen molar-refractivity contribution in [3.8, 4) is 0 Å². The lowest BCUT2D eigenvalue weighted by molar-refractivity contribution is -0.120. The summed E-state index contributed by atoms with van der Waals surface area (Å²) in [6.07, 6.45) is 0.397. The first-order chi connectivity index (χ1) is 10.5. The summed E-state index contributed by atoms with van der Waals surface area (Å²) in [7, 11) is 1.67. The van der Waals surface area contributed by atoms with Gasteiger partial charge in [-0.05, 0) is 19.8 Å². The SMILES string of the molecule is COCCNCCNC(=O)Cc1c(C)nn(CC(C)C)c1C. The van der Waals surface area contributed by atoms with Crippen LogP contribution in [0.2, 0.25) is 0 Å². The van der Waals surface area contributed by atoms with Crippen molar-refractivity contribution >= 4 is 5.91 Å². The molecule has 1 aromatic heterocycles. The molecular formula is C16H30N4O2. The minimum Gasteiger partial charge on any atom is -0.383 e. The van der Waals surface area contributed by atoms with Crippen LogP contribution in [0.25, 0.3) is 0 Å². The summed E-state index contributed by atoms with van der Waals surface area (Å²) in [5.74, 6) is 0.585. The van der Waals surface area contributed by atoms with E-state index >= 15 is 0 Å². The average Bonchev–Trinajstić information content (AvgIpc) is 2.69. The van der Waals surface area contributed by atoms with Crippen molar-refractivity contribution in [1.82, 2.24) is 20.4 Å². The molecule has 126 valence electrons. The summed E-state index contributed by atoms with van der Waals surface area (Å²) in [5, 5.41) is 10.7. The highest BCUT2D eigenvalue weighted by Gasteiger charge is 2.15. The molecule has 0 atom stereocenters. The average molecular weight is 310 g/mol. The van der Waals surface area contributed by atoms with Crippen LogP contribution in [-0.4, -0.2) is 49.0 Å². The van der Waals surface area contributed by atoms with Crippen LogP contribution in [0.15, 0.2) is 0 Å². The lowest BCUT2D eigenvalue weighted by atomic mass is 10.1. The fourth-order valence-corrected chi connectivity index (χ4v) is 2.33. The van der Waals surface area contributed by atoms with E-state index in [1.54, 1.807) is 7.11 Å². The van der Waals surface area contributed by atoms with Crippen molar-refractivity contribution in [2.24, 2.45) is 5.92 Å². The minimum absolute atomic E-state index is 0.0452. The van der Waals surface area contributed by atoms with Gasteiger partial charge in [0.15, 0.2) is 0 Å². The smallest absolute Gasteiger partial charge is 0.224 e. The van der Waals surface area contributed by atoms with Crippen LogP contribution >= 0.6 is 0 Å². The lowest BCUT2D eigenvalue weighted by Gasteiger charge is -2.09. The number of aryl methyl sites for hydroxylation is 1. The third-order valence-corrected chi connectivity index (χ3v) is 3.51. The molecule has 0 radical (unpaired) electrons. The van der Waals surface area contributed by atoms with Gasteiger partial charge in [0.1, 0.15) is 0 Å². The van der Waals surface area contributed by atoms with Gasteiger partial charge in [0.25, 0.3) is 0 Å². The van der Waals surface area contributed by atoms with Crippen LogP contribution in [-0.2, 0) is 22.5 Å². The first-order valence-electron chi connectivity index (χ1n) is 7.95. The van der Waals surface area contributed by atoms with Crippen LogP contribution in [0.4, 0.5) is 0 Å². The zero-order valence-corrected chi connectivity index (χ0v) is 14.5. The largest absolute Gasteiger partial charge is 0.383 e. The molecule has 1 rings (SSSR count). The van der Waals surface area contributed by atoms with Crippen molar-refractivity contribution in [3.63, 3.8) is 0 Å². The molecule has 1 amide bonds. The van der Waals surface area contributed by atoms with Crippen molar-refractivity contribution in [3.05, 3.63) is 17.0 Å².